The number of ether oxygens (including phenoxy) is 17. The number of amides is 7. The van der Waals surface area contributed by atoms with E-state index >= 15 is 0 Å². The van der Waals surface area contributed by atoms with Gasteiger partial charge >= 0.3 is 12.0 Å². The van der Waals surface area contributed by atoms with Crippen molar-refractivity contribution in [3.05, 3.63) is 53.4 Å². The van der Waals surface area contributed by atoms with Crippen LogP contribution >= 0.6 is 0 Å². The summed E-state index contributed by atoms with van der Waals surface area (Å²) in [5.74, 6) is -6.82. The number of urea groups is 1. The topological polar surface area (TPSA) is 763 Å². The Bertz CT molecular complexity index is 4370. The van der Waals surface area contributed by atoms with Gasteiger partial charge in [0, 0.05) is 74.4 Å². The number of nitrogens with two attached hydrogens (primary N) is 1. The predicted octanol–water partition coefficient (Wildman–Crippen LogP) is -8.03. The van der Waals surface area contributed by atoms with Crippen molar-refractivity contribution in [3.63, 3.8) is 0 Å². The first-order valence-corrected chi connectivity index (χ1v) is 49.0. The number of primary amides is 1. The van der Waals surface area contributed by atoms with Gasteiger partial charge in [0.15, 0.2) is 43.5 Å². The summed E-state index contributed by atoms with van der Waals surface area (Å²) in [4.78, 5) is 120. The summed E-state index contributed by atoms with van der Waals surface area (Å²) in [6.07, 6.45) is -55.6. The number of benzene rings is 1. The van der Waals surface area contributed by atoms with Crippen LogP contribution in [0.4, 0.5) is 10.5 Å². The molecule has 52 heteroatoms. The third kappa shape index (κ3) is 31.3. The summed E-state index contributed by atoms with van der Waals surface area (Å²) in [5, 5.41) is 215. The summed E-state index contributed by atoms with van der Waals surface area (Å²) >= 11 is 0. The molecule has 1 aliphatic carbocycles. The Kier molecular flexibility index (Phi) is 46.1. The van der Waals surface area contributed by atoms with Crippen molar-refractivity contribution in [3.8, 4) is 0 Å². The number of ketones is 2. The van der Waals surface area contributed by atoms with Gasteiger partial charge in [-0.3, -0.25) is 43.3 Å². The molecule has 24 heterocycles. The molecule has 7 amide bonds. The van der Waals surface area contributed by atoms with Crippen LogP contribution in [0.1, 0.15) is 140 Å². The number of hydrogen-bond acceptors (Lipinski definition) is 45. The van der Waals surface area contributed by atoms with Crippen molar-refractivity contribution in [2.75, 3.05) is 111 Å². The van der Waals surface area contributed by atoms with E-state index in [4.69, 9.17) is 86.3 Å². The maximum atomic E-state index is 14.7. The third-order valence-corrected chi connectivity index (χ3v) is 26.7. The van der Waals surface area contributed by atoms with Gasteiger partial charge in [-0.25, -0.2) is 9.48 Å². The van der Waals surface area contributed by atoms with E-state index in [1.807, 2.05) is 0 Å². The molecule has 0 spiro atoms. The Morgan fingerprint density at radius 3 is 1.33 bits per heavy atom. The summed E-state index contributed by atoms with van der Waals surface area (Å²) in [7, 11) is 0. The van der Waals surface area contributed by atoms with Gasteiger partial charge in [-0.1, -0.05) is 64.3 Å². The molecule has 0 saturated carbocycles. The largest absolute Gasteiger partial charge is 0.461 e. The zero-order chi connectivity index (χ0) is 104. The van der Waals surface area contributed by atoms with Crippen molar-refractivity contribution in [1.82, 2.24) is 35.8 Å². The van der Waals surface area contributed by atoms with Crippen molar-refractivity contribution in [2.24, 2.45) is 29.4 Å². The van der Waals surface area contributed by atoms with Crippen LogP contribution in [0, 0.1) is 23.7 Å². The highest BCUT2D eigenvalue weighted by Gasteiger charge is 2.60. The van der Waals surface area contributed by atoms with Crippen LogP contribution in [0.2, 0.25) is 0 Å². The molecule has 1 aromatic heterocycles. The first-order chi connectivity index (χ1) is 69.0. The van der Waals surface area contributed by atoms with E-state index in [1.54, 1.807) is 52.0 Å². The number of carbonyl (C=O) groups excluding carboxylic acids is 9. The lowest BCUT2D eigenvalue weighted by Gasteiger charge is -2.50. The molecule has 34 atom stereocenters. The fraction of sp³-hybridized carbons (Fsp3) is 0.793. The van der Waals surface area contributed by atoms with Gasteiger partial charge in [0.05, 0.1) is 122 Å². The molecule has 52 nitrogen and oxygen atoms in total. The van der Waals surface area contributed by atoms with Crippen LogP contribution in [0.25, 0.3) is 0 Å². The van der Waals surface area contributed by atoms with Crippen molar-refractivity contribution in [2.45, 2.75) is 333 Å². The van der Waals surface area contributed by atoms with Gasteiger partial charge in [-0.05, 0) is 75.0 Å². The molecule has 23 N–H and O–H groups in total. The first-order valence-electron chi connectivity index (χ1n) is 49.0. The summed E-state index contributed by atoms with van der Waals surface area (Å²) in [5.41, 5.74) is 7.31. The minimum Gasteiger partial charge on any atom is -0.461 e. The molecular formula is C92H143N9O43. The van der Waals surface area contributed by atoms with Gasteiger partial charge in [0.2, 0.25) is 17.7 Å². The highest BCUT2D eigenvalue weighted by Crippen LogP contribution is 2.41. The lowest BCUT2D eigenvalue weighted by molar-refractivity contribution is -0.403. The minimum absolute atomic E-state index is 0.00317. The number of hydrogen-bond donors (Lipinski definition) is 22. The number of aliphatic hydroxyl groups is 17. The van der Waals surface area contributed by atoms with E-state index in [0.29, 0.717) is 67.6 Å². The predicted molar refractivity (Wildman–Crippen MR) is 483 cm³/mol. The Morgan fingerprint density at radius 2 is 0.889 bits per heavy atom. The standard InChI is InChI=1S/C92H143N9O43/c1-44(2)63(53(108)36-49(13-10-25-95-92(93)127)83(124)96-50-18-15-46(16-19-50)43-132-85(126)45(3)4)97-84(125)48(35-51(107)23-27-128-29-31-130-33-34-131-32-30-129-28-26-100-61(110)21-22-62(100)111)12-8-9-24-94-60(109)20-17-47-11-6-5-7-14-52-64(47)98-99-101(52)37-54-77-65(112)71(118)86(133-54)140-78-55(38-102)135-88(73(120)67(78)114)142-80-57(40-104)137-90(75(122)69(80)116)144-82-59(42-106)138-91(76(123)70(82)117)143-81-58(41-105)136-89(74(121)68(81)115)141-79-56(39-103)134-87(139-77)72(119)66(79)113/h15-16,18-19,21-22,44-45,47-49,54-59,63,65-82,86-91,102-106,112-123H,5-14,17,20,23-43H2,1-4H3,(H,94,109)(H,96,124)(H,97,125)(H3,93,95,127)/t47?,48-,49+,54?,55?,56?,57?,58?,59?,63-,65?,66?,67?,68?,69?,70?,71?,72?,73?,74?,75?,76?,77?,78?,79?,80?,81?,82?,86?,87?,88?,89?,90?,91?/m0/s1. The monoisotopic (exact) mass is 2060 g/mol. The Balaban J connectivity index is 0.755. The van der Waals surface area contributed by atoms with Gasteiger partial charge in [-0.15, -0.1) is 5.10 Å². The van der Waals surface area contributed by atoms with Crippen molar-refractivity contribution in [1.29, 1.82) is 0 Å². The quantitative estimate of drug-likeness (QED) is 0.0166. The highest BCUT2D eigenvalue weighted by molar-refractivity contribution is 6.12. The van der Waals surface area contributed by atoms with E-state index in [-0.39, 0.29) is 148 Å². The van der Waals surface area contributed by atoms with Gasteiger partial charge < -0.3 is 194 Å². The minimum atomic E-state index is -2.27. The van der Waals surface area contributed by atoms with Crippen LogP contribution in [-0.2, 0) is 138 Å². The molecule has 26 rings (SSSR count). The SMILES string of the molecule is CC(C)C(=O)OCc1ccc(NC(=O)[C@H](CCCNC(N)=O)CC(=O)[C@@H](NC(=O)[C@@H](CCCCNC(=O)CCC2CCCCCc3c2nnn3CC2OC3OC4C(CO)OC(OC5C(CO)OC(OC6C(CO)OC(OC7C(CO)OC(OC8C(CO)OC(OC2C(O)C3O)C(O)C8O)C(O)C7O)C(O)C6O)C(O)C5O)C(O)C4O)CC(=O)CCOCCOCCOCCOCCN2C(=O)C=CC2=O)C(C)C)cc1. The van der Waals surface area contributed by atoms with E-state index in [1.165, 1.54) is 16.8 Å². The van der Waals surface area contributed by atoms with Crippen LogP contribution in [0.15, 0.2) is 36.4 Å². The molecule has 144 heavy (non-hydrogen) atoms. The molecule has 22 fully saturated rings. The number of aromatic nitrogens is 3. The number of nitrogens with one attached hydrogen (secondary N) is 4. The molecule has 24 aliphatic rings. The molecule has 814 valence electrons. The Morgan fingerprint density at radius 1 is 0.472 bits per heavy atom. The van der Waals surface area contributed by atoms with Crippen LogP contribution in [0.5, 0.6) is 0 Å². The highest BCUT2D eigenvalue weighted by atomic mass is 16.8. The molecule has 2 aromatic rings. The number of nitrogens with zero attached hydrogens (tertiary/aromatic N) is 4. The van der Waals surface area contributed by atoms with E-state index in [9.17, 15) is 130 Å². The average Bonchev–Trinajstić information content (AvgIpc) is 0.925. The van der Waals surface area contributed by atoms with E-state index < -0.39 is 295 Å². The maximum absolute atomic E-state index is 14.7. The average molecular weight is 2060 g/mol. The smallest absolute Gasteiger partial charge is 0.312 e. The number of esters is 1. The van der Waals surface area contributed by atoms with E-state index in [0.717, 1.165) is 4.90 Å². The first kappa shape index (κ1) is 117. The molecular weight excluding hydrogens is 1920 g/mol. The number of unbranched alkanes of at least 4 members (excludes halogenated alkanes) is 1. The summed E-state index contributed by atoms with van der Waals surface area (Å²) in [6.45, 7) is 2.57. The van der Waals surface area contributed by atoms with Crippen LogP contribution in [-0.4, -0.2) is 456 Å². The van der Waals surface area contributed by atoms with Crippen molar-refractivity contribution >= 4 is 58.8 Å². The van der Waals surface area contributed by atoms with E-state index in [2.05, 4.69) is 31.6 Å². The molecule has 22 saturated heterocycles. The van der Waals surface area contributed by atoms with Gasteiger partial charge in [0.1, 0.15) is 159 Å². The number of aliphatic hydroxyl groups excluding tert-OH is 17. The van der Waals surface area contributed by atoms with Gasteiger partial charge in [0.25, 0.3) is 11.8 Å². The lowest BCUT2D eigenvalue weighted by atomic mass is 9.88. The number of Topliss-reactive ketones (excluding diaryl/α,β-unsaturated/α-hetero) is 2. The summed E-state index contributed by atoms with van der Waals surface area (Å²) in [6, 6.07) is 4.62. The Labute approximate surface area is 828 Å². The van der Waals surface area contributed by atoms with Crippen molar-refractivity contribution < 1.29 is 210 Å². The number of imide groups is 1. The molecule has 12 bridgehead atoms. The maximum Gasteiger partial charge on any atom is 0.312 e. The number of carbonyl (C=O) groups is 9. The number of anilines is 1. The summed E-state index contributed by atoms with van der Waals surface area (Å²) < 4.78 is 101. The fourth-order valence-electron chi connectivity index (χ4n) is 18.4. The zero-order valence-corrected chi connectivity index (χ0v) is 80.7. The normalized spacial score (nSPS) is 33.9. The third-order valence-electron chi connectivity index (χ3n) is 26.7. The molecule has 23 aliphatic heterocycles. The molecule has 1 aromatic carbocycles. The van der Waals surface area contributed by atoms with Crippen LogP contribution < -0.4 is 27.0 Å². The zero-order valence-electron chi connectivity index (χ0n) is 80.7. The second kappa shape index (κ2) is 56.9. The second-order valence-electron chi connectivity index (χ2n) is 37.7. The number of fused-ring (bicyclic) bond motifs is 1. The number of rotatable bonds is 47. The fourth-order valence-corrected chi connectivity index (χ4v) is 18.4. The second-order valence-corrected chi connectivity index (χ2v) is 37.7. The van der Waals surface area contributed by atoms with Crippen LogP contribution in [0.3, 0.4) is 0 Å². The van der Waals surface area contributed by atoms with Gasteiger partial charge in [-0.2, -0.15) is 0 Å². The Hall–Kier alpha value is -7.59. The molecule has 31 unspecified atom stereocenters. The lowest BCUT2D eigenvalue weighted by Crippen LogP contribution is -2.69. The molecule has 0 radical (unpaired) electrons.